The molecule has 4 rings (SSSR count). The molecule has 2 atom stereocenters. The molecule has 2 aliphatic heterocycles. The third-order valence-electron chi connectivity index (χ3n) is 5.29. The number of hydrogen-bond donors (Lipinski definition) is 1. The van der Waals surface area contributed by atoms with Crippen LogP contribution in [0.2, 0.25) is 0 Å². The van der Waals surface area contributed by atoms with Crippen LogP contribution in [0.25, 0.3) is 0 Å². The van der Waals surface area contributed by atoms with E-state index in [9.17, 15) is 9.90 Å². The van der Waals surface area contributed by atoms with E-state index in [0.717, 1.165) is 35.0 Å². The molecule has 0 bridgehead atoms. The quantitative estimate of drug-likeness (QED) is 0.725. The number of aliphatic hydroxyl groups excluding tert-OH is 1. The van der Waals surface area contributed by atoms with Gasteiger partial charge in [-0.25, -0.2) is 0 Å². The molecule has 2 aliphatic rings. The first-order valence-corrected chi connectivity index (χ1v) is 10.5. The molecule has 3 heterocycles. The summed E-state index contributed by atoms with van der Waals surface area (Å²) in [6, 6.07) is 5.77. The maximum atomic E-state index is 12.9. The predicted octanol–water partition coefficient (Wildman–Crippen LogP) is 2.47. The van der Waals surface area contributed by atoms with Gasteiger partial charge in [0.25, 0.3) is 0 Å². The lowest BCUT2D eigenvalue weighted by Gasteiger charge is -2.35. The number of anilines is 1. The van der Waals surface area contributed by atoms with E-state index in [-0.39, 0.29) is 24.1 Å². The number of nitrogens with zero attached hydrogens (tertiary/aromatic N) is 3. The Bertz CT molecular complexity index is 929. The number of methoxy groups -OCH3 is 1. The maximum Gasteiger partial charge on any atom is 0.313 e. The molecule has 0 aliphatic carbocycles. The molecule has 1 fully saturated rings. The highest BCUT2D eigenvalue weighted by atomic mass is 79.9. The van der Waals surface area contributed by atoms with Crippen LogP contribution in [0.15, 0.2) is 33.7 Å². The van der Waals surface area contributed by atoms with Crippen molar-refractivity contribution in [2.24, 2.45) is 0 Å². The van der Waals surface area contributed by atoms with Crippen LogP contribution in [0.4, 0.5) is 5.69 Å². The lowest BCUT2D eigenvalue weighted by atomic mass is 10.1. The summed E-state index contributed by atoms with van der Waals surface area (Å²) in [5, 5.41) is 14.8. The molecule has 2 unspecified atom stereocenters. The van der Waals surface area contributed by atoms with Gasteiger partial charge in [-0.05, 0) is 49.4 Å². The molecule has 8 nitrogen and oxygen atoms in total. The number of rotatable bonds is 5. The van der Waals surface area contributed by atoms with Gasteiger partial charge in [0.05, 0.1) is 13.3 Å². The first kappa shape index (κ1) is 20.2. The Morgan fingerprint density at radius 1 is 1.38 bits per heavy atom. The lowest BCUT2D eigenvalue weighted by Crippen LogP contribution is -2.46. The van der Waals surface area contributed by atoms with Gasteiger partial charge in [0.1, 0.15) is 18.0 Å². The van der Waals surface area contributed by atoms with Crippen molar-refractivity contribution in [1.29, 1.82) is 0 Å². The highest BCUT2D eigenvalue weighted by Crippen LogP contribution is 2.31. The van der Waals surface area contributed by atoms with Crippen LogP contribution >= 0.6 is 15.9 Å². The van der Waals surface area contributed by atoms with Gasteiger partial charge in [-0.2, -0.15) is 9.78 Å². The molecule has 1 aromatic carbocycles. The first-order valence-electron chi connectivity index (χ1n) is 9.72. The Balaban J connectivity index is 1.58. The molecule has 9 heteroatoms. The monoisotopic (exact) mass is 465 g/mol. The fourth-order valence-corrected chi connectivity index (χ4v) is 4.14. The van der Waals surface area contributed by atoms with Crippen molar-refractivity contribution in [1.82, 2.24) is 9.78 Å². The number of fused-ring (bicyclic) bond motifs is 1. The molecule has 0 amide bonds. The van der Waals surface area contributed by atoms with E-state index in [1.165, 1.54) is 4.68 Å². The molecule has 0 radical (unpaired) electrons. The Kier molecular flexibility index (Phi) is 6.07. The van der Waals surface area contributed by atoms with E-state index in [2.05, 4.69) is 21.0 Å². The smallest absolute Gasteiger partial charge is 0.313 e. The zero-order valence-corrected chi connectivity index (χ0v) is 17.8. The summed E-state index contributed by atoms with van der Waals surface area (Å²) in [5.74, 6) is 0.979. The van der Waals surface area contributed by atoms with Crippen molar-refractivity contribution in [2.75, 3.05) is 31.8 Å². The van der Waals surface area contributed by atoms with Crippen molar-refractivity contribution in [3.05, 3.63) is 44.8 Å². The molecule has 1 aromatic heterocycles. The molecule has 0 spiro atoms. The fourth-order valence-electron chi connectivity index (χ4n) is 3.69. The SMILES string of the molecule is COc1ccc(Br)c(CCN2c3cnn(C4CCCCO4)c(=O)c3OCC2O)c1. The predicted molar refractivity (Wildman–Crippen MR) is 111 cm³/mol. The number of ether oxygens (including phenoxy) is 3. The summed E-state index contributed by atoms with van der Waals surface area (Å²) in [6.07, 6.45) is 3.75. The zero-order chi connectivity index (χ0) is 20.4. The number of benzene rings is 1. The summed E-state index contributed by atoms with van der Waals surface area (Å²) in [4.78, 5) is 14.7. The molecular formula is C20H24BrN3O5. The highest BCUT2D eigenvalue weighted by Gasteiger charge is 2.31. The van der Waals surface area contributed by atoms with Gasteiger partial charge in [0.15, 0.2) is 12.5 Å². The minimum atomic E-state index is -0.852. The van der Waals surface area contributed by atoms with Gasteiger partial charge in [0.2, 0.25) is 5.75 Å². The van der Waals surface area contributed by atoms with E-state index in [0.29, 0.717) is 25.3 Å². The highest BCUT2D eigenvalue weighted by molar-refractivity contribution is 9.10. The van der Waals surface area contributed by atoms with E-state index >= 15 is 0 Å². The third kappa shape index (κ3) is 4.12. The van der Waals surface area contributed by atoms with Crippen LogP contribution in [-0.4, -0.2) is 48.0 Å². The van der Waals surface area contributed by atoms with Crippen molar-refractivity contribution in [3.63, 3.8) is 0 Å². The van der Waals surface area contributed by atoms with Crippen molar-refractivity contribution < 1.29 is 19.3 Å². The standard InChI is InChI=1S/C20H24BrN3O5/c1-27-14-5-6-15(21)13(10-14)7-8-23-16-11-22-24(18-4-2-3-9-28-18)20(26)19(16)29-12-17(23)25/h5-6,10-11,17-18,25H,2-4,7-9,12H2,1H3. The minimum Gasteiger partial charge on any atom is -0.497 e. The second-order valence-electron chi connectivity index (χ2n) is 7.12. The van der Waals surface area contributed by atoms with Gasteiger partial charge in [0, 0.05) is 17.6 Å². The van der Waals surface area contributed by atoms with Crippen LogP contribution in [0.3, 0.4) is 0 Å². The summed E-state index contributed by atoms with van der Waals surface area (Å²) in [5.41, 5.74) is 1.22. The largest absolute Gasteiger partial charge is 0.497 e. The number of halogens is 1. The maximum absolute atomic E-state index is 12.9. The Labute approximate surface area is 177 Å². The summed E-state index contributed by atoms with van der Waals surface area (Å²) >= 11 is 3.56. The second-order valence-corrected chi connectivity index (χ2v) is 7.98. The second kappa shape index (κ2) is 8.73. The third-order valence-corrected chi connectivity index (χ3v) is 6.06. The average molecular weight is 466 g/mol. The van der Waals surface area contributed by atoms with Gasteiger partial charge in [-0.1, -0.05) is 15.9 Å². The van der Waals surface area contributed by atoms with Gasteiger partial charge in [-0.15, -0.1) is 0 Å². The van der Waals surface area contributed by atoms with Crippen LogP contribution < -0.4 is 19.9 Å². The first-order chi connectivity index (χ1) is 14.1. The van der Waals surface area contributed by atoms with E-state index in [1.54, 1.807) is 18.2 Å². The Morgan fingerprint density at radius 3 is 3.00 bits per heavy atom. The van der Waals surface area contributed by atoms with Gasteiger partial charge < -0.3 is 24.2 Å². The molecule has 1 N–H and O–H groups in total. The number of aromatic nitrogens is 2. The van der Waals surface area contributed by atoms with Crippen LogP contribution in [0.5, 0.6) is 11.5 Å². The van der Waals surface area contributed by atoms with Crippen molar-refractivity contribution in [2.45, 2.75) is 38.1 Å². The Morgan fingerprint density at radius 2 is 2.24 bits per heavy atom. The molecule has 0 saturated carbocycles. The molecule has 156 valence electrons. The molecule has 1 saturated heterocycles. The van der Waals surface area contributed by atoms with E-state index in [4.69, 9.17) is 14.2 Å². The Hall–Kier alpha value is -2.10. The topological polar surface area (TPSA) is 86.0 Å². The van der Waals surface area contributed by atoms with E-state index < -0.39 is 6.23 Å². The summed E-state index contributed by atoms with van der Waals surface area (Å²) in [6.45, 7) is 1.14. The molecule has 29 heavy (non-hydrogen) atoms. The molecular weight excluding hydrogens is 442 g/mol. The lowest BCUT2D eigenvalue weighted by molar-refractivity contribution is -0.0433. The summed E-state index contributed by atoms with van der Waals surface area (Å²) < 4.78 is 18.9. The van der Waals surface area contributed by atoms with Gasteiger partial charge in [-0.3, -0.25) is 4.79 Å². The van der Waals surface area contributed by atoms with Crippen LogP contribution in [-0.2, 0) is 11.2 Å². The fraction of sp³-hybridized carbons (Fsp3) is 0.500. The van der Waals surface area contributed by atoms with Crippen LogP contribution in [0, 0.1) is 0 Å². The normalized spacial score (nSPS) is 21.4. The van der Waals surface area contributed by atoms with E-state index in [1.807, 2.05) is 18.2 Å². The zero-order valence-electron chi connectivity index (χ0n) is 16.2. The average Bonchev–Trinajstić information content (AvgIpc) is 2.75. The summed E-state index contributed by atoms with van der Waals surface area (Å²) in [7, 11) is 1.63. The van der Waals surface area contributed by atoms with Gasteiger partial charge >= 0.3 is 5.56 Å². The van der Waals surface area contributed by atoms with Crippen molar-refractivity contribution >= 4 is 21.6 Å². The van der Waals surface area contributed by atoms with Crippen molar-refractivity contribution in [3.8, 4) is 11.5 Å². The minimum absolute atomic E-state index is 0.0249. The number of aliphatic hydroxyl groups is 1. The van der Waals surface area contributed by atoms with Crippen LogP contribution in [0.1, 0.15) is 31.1 Å². The molecule has 2 aromatic rings. The number of hydrogen-bond acceptors (Lipinski definition) is 7.